The smallest absolute Gasteiger partial charge is 0.164 e. The van der Waals surface area contributed by atoms with Gasteiger partial charge in [-0.05, 0) is 22.4 Å². The van der Waals surface area contributed by atoms with Crippen molar-refractivity contribution in [3.63, 3.8) is 0 Å². The van der Waals surface area contributed by atoms with Gasteiger partial charge in [-0.2, -0.15) is 11.3 Å². The van der Waals surface area contributed by atoms with Crippen molar-refractivity contribution in [3.05, 3.63) is 29.4 Å². The Bertz CT molecular complexity index is 911. The van der Waals surface area contributed by atoms with Crippen LogP contribution in [0, 0.1) is 0 Å². The SMILES string of the molecule is CN(C)c1ncnc2c1c(-c1ccsc1)cn2[C@@H]1O[C@H](CO)[C@@H](O)[C@H]1O. The van der Waals surface area contributed by atoms with Crippen molar-refractivity contribution in [3.8, 4) is 11.1 Å². The summed E-state index contributed by atoms with van der Waals surface area (Å²) in [6, 6.07) is 2.01. The first-order valence-electron chi connectivity index (χ1n) is 8.20. The predicted molar refractivity (Wildman–Crippen MR) is 98.2 cm³/mol. The van der Waals surface area contributed by atoms with Gasteiger partial charge >= 0.3 is 0 Å². The summed E-state index contributed by atoms with van der Waals surface area (Å²) in [7, 11) is 3.81. The zero-order chi connectivity index (χ0) is 18.4. The summed E-state index contributed by atoms with van der Waals surface area (Å²) in [4.78, 5) is 10.7. The molecule has 1 fully saturated rings. The van der Waals surface area contributed by atoms with Gasteiger partial charge < -0.3 is 29.5 Å². The summed E-state index contributed by atoms with van der Waals surface area (Å²) in [5.41, 5.74) is 2.53. The van der Waals surface area contributed by atoms with Crippen LogP contribution in [0.5, 0.6) is 0 Å². The highest BCUT2D eigenvalue weighted by molar-refractivity contribution is 7.08. The highest BCUT2D eigenvalue weighted by atomic mass is 32.1. The Kier molecular flexibility index (Phi) is 4.41. The fourth-order valence-electron chi connectivity index (χ4n) is 3.35. The van der Waals surface area contributed by atoms with Crippen LogP contribution >= 0.6 is 11.3 Å². The number of hydrogen-bond donors (Lipinski definition) is 3. The van der Waals surface area contributed by atoms with Crippen molar-refractivity contribution < 1.29 is 20.1 Å². The molecule has 0 saturated carbocycles. The van der Waals surface area contributed by atoms with E-state index in [-0.39, 0.29) is 6.61 Å². The quantitative estimate of drug-likeness (QED) is 0.620. The standard InChI is InChI=1S/C17H20N4O4S/c1-20(2)15-12-10(9-3-4-26-7-9)5-21(16(12)19-8-18-15)17-14(24)13(23)11(6-22)25-17/h3-5,7-8,11,13-14,17,22-24H,6H2,1-2H3/t11-,13-,14-,17-/m1/s1. The molecular weight excluding hydrogens is 356 g/mol. The van der Waals surface area contributed by atoms with Gasteiger partial charge in [0.05, 0.1) is 12.0 Å². The first-order chi connectivity index (χ1) is 12.5. The average molecular weight is 376 g/mol. The minimum Gasteiger partial charge on any atom is -0.394 e. The first kappa shape index (κ1) is 17.4. The lowest BCUT2D eigenvalue weighted by Gasteiger charge is -2.18. The van der Waals surface area contributed by atoms with E-state index < -0.39 is 24.5 Å². The molecule has 0 unspecified atom stereocenters. The van der Waals surface area contributed by atoms with Crippen molar-refractivity contribution in [2.45, 2.75) is 24.5 Å². The summed E-state index contributed by atoms with van der Waals surface area (Å²) in [5.74, 6) is 0.752. The molecule has 4 atom stereocenters. The molecule has 0 aromatic carbocycles. The highest BCUT2D eigenvalue weighted by Crippen LogP contribution is 2.39. The summed E-state index contributed by atoms with van der Waals surface area (Å²) >= 11 is 1.59. The van der Waals surface area contributed by atoms with Gasteiger partial charge in [-0.15, -0.1) is 0 Å². The number of rotatable bonds is 4. The summed E-state index contributed by atoms with van der Waals surface area (Å²) in [6.07, 6.45) is -0.700. The highest BCUT2D eigenvalue weighted by Gasteiger charge is 2.44. The summed E-state index contributed by atoms with van der Waals surface area (Å²) in [5, 5.41) is 34.8. The van der Waals surface area contributed by atoms with Crippen molar-refractivity contribution >= 4 is 28.2 Å². The number of nitrogens with zero attached hydrogens (tertiary/aromatic N) is 4. The molecule has 4 heterocycles. The third kappa shape index (κ3) is 2.60. The Morgan fingerprint density at radius 3 is 2.69 bits per heavy atom. The number of fused-ring (bicyclic) bond motifs is 1. The maximum atomic E-state index is 10.4. The van der Waals surface area contributed by atoms with Crippen LogP contribution in [0.25, 0.3) is 22.2 Å². The van der Waals surface area contributed by atoms with E-state index >= 15 is 0 Å². The van der Waals surface area contributed by atoms with Crippen LogP contribution in [0.2, 0.25) is 0 Å². The Morgan fingerprint density at radius 2 is 2.08 bits per heavy atom. The Morgan fingerprint density at radius 1 is 1.27 bits per heavy atom. The molecule has 3 aromatic rings. The Hall–Kier alpha value is -2.04. The fraction of sp³-hybridized carbons (Fsp3) is 0.412. The molecule has 26 heavy (non-hydrogen) atoms. The zero-order valence-corrected chi connectivity index (χ0v) is 15.2. The largest absolute Gasteiger partial charge is 0.394 e. The van der Waals surface area contributed by atoms with Gasteiger partial charge in [-0.3, -0.25) is 0 Å². The van der Waals surface area contributed by atoms with E-state index in [0.29, 0.717) is 5.65 Å². The molecule has 4 rings (SSSR count). The second kappa shape index (κ2) is 6.60. The number of aromatic nitrogens is 3. The minimum atomic E-state index is -1.17. The van der Waals surface area contributed by atoms with E-state index in [0.717, 1.165) is 22.3 Å². The van der Waals surface area contributed by atoms with Gasteiger partial charge in [0.2, 0.25) is 0 Å². The molecule has 3 N–H and O–H groups in total. The molecule has 8 nitrogen and oxygen atoms in total. The molecule has 0 bridgehead atoms. The fourth-order valence-corrected chi connectivity index (χ4v) is 4.00. The number of anilines is 1. The van der Waals surface area contributed by atoms with Gasteiger partial charge in [-0.25, -0.2) is 9.97 Å². The Balaban J connectivity index is 1.93. The van der Waals surface area contributed by atoms with Gasteiger partial charge in [-0.1, -0.05) is 0 Å². The molecule has 3 aromatic heterocycles. The Labute approximate surface area is 153 Å². The lowest BCUT2D eigenvalue weighted by atomic mass is 10.1. The van der Waals surface area contributed by atoms with Crippen LogP contribution < -0.4 is 4.90 Å². The number of thiophene rings is 1. The van der Waals surface area contributed by atoms with E-state index in [1.54, 1.807) is 15.9 Å². The molecule has 0 aliphatic carbocycles. The maximum absolute atomic E-state index is 10.4. The lowest BCUT2D eigenvalue weighted by Crippen LogP contribution is -2.33. The van der Waals surface area contributed by atoms with Crippen molar-refractivity contribution in [2.75, 3.05) is 25.6 Å². The van der Waals surface area contributed by atoms with E-state index in [4.69, 9.17) is 4.74 Å². The van der Waals surface area contributed by atoms with Gasteiger partial charge in [0.25, 0.3) is 0 Å². The topological polar surface area (TPSA) is 104 Å². The maximum Gasteiger partial charge on any atom is 0.164 e. The minimum absolute atomic E-state index is 0.372. The lowest BCUT2D eigenvalue weighted by molar-refractivity contribution is -0.0508. The number of ether oxygens (including phenoxy) is 1. The van der Waals surface area contributed by atoms with E-state index in [9.17, 15) is 15.3 Å². The van der Waals surface area contributed by atoms with Gasteiger partial charge in [0, 0.05) is 25.9 Å². The number of hydrogen-bond acceptors (Lipinski definition) is 8. The second-order valence-electron chi connectivity index (χ2n) is 6.48. The predicted octanol–water partition coefficient (Wildman–Crippen LogP) is 0.837. The zero-order valence-electron chi connectivity index (χ0n) is 14.4. The van der Waals surface area contributed by atoms with Crippen LogP contribution in [0.4, 0.5) is 5.82 Å². The van der Waals surface area contributed by atoms with Gasteiger partial charge in [0.15, 0.2) is 6.23 Å². The number of aliphatic hydroxyl groups excluding tert-OH is 3. The number of aliphatic hydroxyl groups is 3. The van der Waals surface area contributed by atoms with Crippen LogP contribution in [0.3, 0.4) is 0 Å². The van der Waals surface area contributed by atoms with E-state index in [1.807, 2.05) is 42.0 Å². The second-order valence-corrected chi connectivity index (χ2v) is 7.26. The van der Waals surface area contributed by atoms with Gasteiger partial charge in [0.1, 0.15) is 36.1 Å². The summed E-state index contributed by atoms with van der Waals surface area (Å²) < 4.78 is 7.41. The van der Waals surface area contributed by atoms with Crippen LogP contribution in [-0.2, 0) is 4.74 Å². The van der Waals surface area contributed by atoms with E-state index in [1.165, 1.54) is 6.33 Å². The monoisotopic (exact) mass is 376 g/mol. The molecule has 1 saturated heterocycles. The molecule has 0 amide bonds. The molecule has 0 spiro atoms. The first-order valence-corrected chi connectivity index (χ1v) is 9.15. The average Bonchev–Trinajstić information content (AvgIpc) is 3.34. The summed E-state index contributed by atoms with van der Waals surface area (Å²) in [6.45, 7) is -0.372. The molecule has 1 aliphatic heterocycles. The molecule has 0 radical (unpaired) electrons. The van der Waals surface area contributed by atoms with Crippen LogP contribution in [-0.4, -0.2) is 68.9 Å². The van der Waals surface area contributed by atoms with E-state index in [2.05, 4.69) is 9.97 Å². The molecular formula is C17H20N4O4S. The molecule has 1 aliphatic rings. The molecule has 9 heteroatoms. The van der Waals surface area contributed by atoms with Crippen molar-refractivity contribution in [1.29, 1.82) is 0 Å². The van der Waals surface area contributed by atoms with Crippen LogP contribution in [0.15, 0.2) is 29.4 Å². The third-order valence-electron chi connectivity index (χ3n) is 4.64. The van der Waals surface area contributed by atoms with Crippen molar-refractivity contribution in [1.82, 2.24) is 14.5 Å². The molecule has 138 valence electrons. The van der Waals surface area contributed by atoms with Crippen LogP contribution in [0.1, 0.15) is 6.23 Å². The van der Waals surface area contributed by atoms with Crippen molar-refractivity contribution in [2.24, 2.45) is 0 Å². The normalized spacial score (nSPS) is 25.9. The third-order valence-corrected chi connectivity index (χ3v) is 5.32.